The maximum atomic E-state index is 13.4. The van der Waals surface area contributed by atoms with Crippen molar-refractivity contribution in [3.63, 3.8) is 0 Å². The molecule has 0 bridgehead atoms. The van der Waals surface area contributed by atoms with Crippen LogP contribution in [0.2, 0.25) is 0 Å². The molecule has 1 amide bonds. The molecule has 2 aromatic rings. The summed E-state index contributed by atoms with van der Waals surface area (Å²) in [6, 6.07) is 7.27. The molecular weight excluding hydrogens is 560 g/mol. The van der Waals surface area contributed by atoms with Gasteiger partial charge >= 0.3 is 18.0 Å². The second-order valence-corrected chi connectivity index (χ2v) is 10.4. The number of likely N-dealkylation sites (tertiary alicyclic amines) is 1. The Balaban J connectivity index is 0.000000235. The van der Waals surface area contributed by atoms with Crippen molar-refractivity contribution in [2.45, 2.75) is 50.6 Å². The third kappa shape index (κ3) is 8.91. The van der Waals surface area contributed by atoms with Gasteiger partial charge in [-0.05, 0) is 80.5 Å². The van der Waals surface area contributed by atoms with Crippen molar-refractivity contribution in [3.05, 3.63) is 70.8 Å². The summed E-state index contributed by atoms with van der Waals surface area (Å²) in [6.45, 7) is 1.08. The Bertz CT molecular complexity index is 1250. The lowest BCUT2D eigenvalue weighted by Gasteiger charge is -2.37. The minimum Gasteiger partial charge on any atom is -0.469 e. The van der Waals surface area contributed by atoms with E-state index in [1.54, 1.807) is 6.07 Å². The molecule has 230 valence electrons. The van der Waals surface area contributed by atoms with Gasteiger partial charge in [0, 0.05) is 18.6 Å². The monoisotopic (exact) mass is 596 g/mol. The quantitative estimate of drug-likeness (QED) is 0.297. The Morgan fingerprint density at radius 1 is 0.762 bits per heavy atom. The van der Waals surface area contributed by atoms with E-state index in [4.69, 9.17) is 14.2 Å². The van der Waals surface area contributed by atoms with E-state index in [1.807, 2.05) is 0 Å². The molecule has 4 atom stereocenters. The first-order valence-electron chi connectivity index (χ1n) is 13.7. The Labute approximate surface area is 242 Å². The van der Waals surface area contributed by atoms with E-state index in [2.05, 4.69) is 5.32 Å². The zero-order valence-electron chi connectivity index (χ0n) is 23.8. The summed E-state index contributed by atoms with van der Waals surface area (Å²) >= 11 is 0. The second kappa shape index (κ2) is 15.5. The summed E-state index contributed by atoms with van der Waals surface area (Å²) in [5, 5.41) is 3.29. The number of methoxy groups -OCH3 is 3. The Morgan fingerprint density at radius 3 is 1.83 bits per heavy atom. The van der Waals surface area contributed by atoms with Gasteiger partial charge < -0.3 is 24.4 Å². The molecule has 42 heavy (non-hydrogen) atoms. The van der Waals surface area contributed by atoms with Crippen molar-refractivity contribution in [2.75, 3.05) is 34.4 Å². The molecule has 12 heteroatoms. The van der Waals surface area contributed by atoms with E-state index in [0.717, 1.165) is 36.7 Å². The molecule has 2 heterocycles. The van der Waals surface area contributed by atoms with E-state index in [1.165, 1.54) is 38.4 Å². The van der Waals surface area contributed by atoms with Crippen LogP contribution in [0, 0.1) is 35.1 Å². The molecule has 0 aromatic heterocycles. The first-order chi connectivity index (χ1) is 20.1. The van der Waals surface area contributed by atoms with Crippen molar-refractivity contribution in [1.29, 1.82) is 0 Å². The van der Waals surface area contributed by atoms with Gasteiger partial charge in [0.05, 0.1) is 33.2 Å². The number of hydrogen-bond donors (Lipinski definition) is 1. The van der Waals surface area contributed by atoms with Crippen LogP contribution in [0.1, 0.15) is 36.8 Å². The van der Waals surface area contributed by atoms with Gasteiger partial charge in [-0.15, -0.1) is 0 Å². The highest BCUT2D eigenvalue weighted by molar-refractivity contribution is 5.74. The number of carbonyl (C=O) groups is 3. The van der Waals surface area contributed by atoms with Gasteiger partial charge in [0.2, 0.25) is 0 Å². The average Bonchev–Trinajstić information content (AvgIpc) is 3.00. The zero-order chi connectivity index (χ0) is 30.8. The number of halogens is 4. The molecule has 8 nitrogen and oxygen atoms in total. The SMILES string of the molecule is COC(=O)C1CCN(C(=O)OC)C(Cc2ccc(F)c(F)c2)C1.COC(=O)C1CCNC(Cc2ccc(F)c(F)c2)C1. The molecule has 2 aromatic carbocycles. The number of carbonyl (C=O) groups excluding carboxylic acids is 3. The number of amides is 1. The van der Waals surface area contributed by atoms with E-state index in [-0.39, 0.29) is 35.9 Å². The number of nitrogens with one attached hydrogen (secondary N) is 1. The average molecular weight is 597 g/mol. The molecule has 2 aliphatic heterocycles. The smallest absolute Gasteiger partial charge is 0.409 e. The number of nitrogens with zero attached hydrogens (tertiary/aromatic N) is 1. The fourth-order valence-electron chi connectivity index (χ4n) is 5.42. The number of benzene rings is 2. The number of esters is 2. The van der Waals surface area contributed by atoms with Crippen LogP contribution in [-0.4, -0.2) is 69.4 Å². The molecule has 1 N–H and O–H groups in total. The number of hydrogen-bond acceptors (Lipinski definition) is 7. The second-order valence-electron chi connectivity index (χ2n) is 10.4. The first-order valence-corrected chi connectivity index (χ1v) is 13.7. The van der Waals surface area contributed by atoms with Gasteiger partial charge in [-0.25, -0.2) is 22.4 Å². The van der Waals surface area contributed by atoms with Gasteiger partial charge in [-0.2, -0.15) is 0 Å². The summed E-state index contributed by atoms with van der Waals surface area (Å²) < 4.78 is 66.6. The zero-order valence-corrected chi connectivity index (χ0v) is 23.8. The normalized spacial score (nSPS) is 21.9. The lowest BCUT2D eigenvalue weighted by Crippen LogP contribution is -2.48. The van der Waals surface area contributed by atoms with Crippen molar-refractivity contribution in [2.24, 2.45) is 11.8 Å². The molecule has 0 aliphatic carbocycles. The number of ether oxygens (including phenoxy) is 3. The standard InChI is InChI=1S/C16H19F2NO4.C14H17F2NO2/c1-22-15(20)11-5-6-19(16(21)23-2)12(9-11)7-10-3-4-13(17)14(18)8-10;1-19-14(18)10-4-5-17-11(8-10)6-9-2-3-12(15)13(16)7-9/h3-4,8,11-12H,5-7,9H2,1-2H3;2-3,7,10-11,17H,4-6,8H2,1H3. The lowest BCUT2D eigenvalue weighted by atomic mass is 9.88. The van der Waals surface area contributed by atoms with Gasteiger partial charge in [-0.3, -0.25) is 9.59 Å². The number of piperidine rings is 2. The van der Waals surface area contributed by atoms with Crippen LogP contribution in [0.15, 0.2) is 36.4 Å². The van der Waals surface area contributed by atoms with Crippen LogP contribution in [-0.2, 0) is 36.6 Å². The van der Waals surface area contributed by atoms with Gasteiger partial charge in [0.1, 0.15) is 0 Å². The molecule has 4 rings (SSSR count). The van der Waals surface area contributed by atoms with E-state index in [9.17, 15) is 31.9 Å². The van der Waals surface area contributed by atoms with Crippen molar-refractivity contribution >= 4 is 18.0 Å². The van der Waals surface area contributed by atoms with Gasteiger partial charge in [-0.1, -0.05) is 12.1 Å². The molecule has 4 unspecified atom stereocenters. The third-order valence-corrected chi connectivity index (χ3v) is 7.61. The highest BCUT2D eigenvalue weighted by Gasteiger charge is 2.36. The molecule has 0 radical (unpaired) electrons. The maximum absolute atomic E-state index is 13.4. The van der Waals surface area contributed by atoms with Crippen LogP contribution >= 0.6 is 0 Å². The Morgan fingerprint density at radius 2 is 1.31 bits per heavy atom. The molecular formula is C30H36F4N2O6. The molecule has 2 saturated heterocycles. The molecule has 0 saturated carbocycles. The highest BCUT2D eigenvalue weighted by atomic mass is 19.2. The topological polar surface area (TPSA) is 94.2 Å². The highest BCUT2D eigenvalue weighted by Crippen LogP contribution is 2.27. The van der Waals surface area contributed by atoms with E-state index in [0.29, 0.717) is 44.2 Å². The molecule has 2 fully saturated rings. The van der Waals surface area contributed by atoms with Crippen LogP contribution in [0.25, 0.3) is 0 Å². The predicted octanol–water partition coefficient (Wildman–Crippen LogP) is 4.58. The summed E-state index contributed by atoms with van der Waals surface area (Å²) in [5.74, 6) is -4.49. The molecule has 0 spiro atoms. The van der Waals surface area contributed by atoms with Crippen molar-refractivity contribution < 1.29 is 46.2 Å². The summed E-state index contributed by atoms with van der Waals surface area (Å²) in [7, 11) is 3.98. The molecule has 2 aliphatic rings. The summed E-state index contributed by atoms with van der Waals surface area (Å²) in [6.07, 6.45) is 2.66. The fourth-order valence-corrected chi connectivity index (χ4v) is 5.42. The fraction of sp³-hybridized carbons (Fsp3) is 0.500. The Hall–Kier alpha value is -3.67. The number of rotatable bonds is 6. The largest absolute Gasteiger partial charge is 0.469 e. The van der Waals surface area contributed by atoms with Crippen LogP contribution in [0.4, 0.5) is 22.4 Å². The minimum absolute atomic E-state index is 0.0858. The predicted molar refractivity (Wildman–Crippen MR) is 144 cm³/mol. The lowest BCUT2D eigenvalue weighted by molar-refractivity contribution is -0.148. The van der Waals surface area contributed by atoms with Gasteiger partial charge in [0.25, 0.3) is 0 Å². The van der Waals surface area contributed by atoms with E-state index >= 15 is 0 Å². The first kappa shape index (κ1) is 32.8. The van der Waals surface area contributed by atoms with Gasteiger partial charge in [0.15, 0.2) is 23.3 Å². The van der Waals surface area contributed by atoms with Crippen LogP contribution in [0.5, 0.6) is 0 Å². The Kier molecular flexibility index (Phi) is 12.1. The summed E-state index contributed by atoms with van der Waals surface area (Å²) in [4.78, 5) is 36.6. The third-order valence-electron chi connectivity index (χ3n) is 7.61. The van der Waals surface area contributed by atoms with Crippen LogP contribution < -0.4 is 5.32 Å². The summed E-state index contributed by atoms with van der Waals surface area (Å²) in [5.41, 5.74) is 1.27. The van der Waals surface area contributed by atoms with Crippen molar-refractivity contribution in [1.82, 2.24) is 10.2 Å². The van der Waals surface area contributed by atoms with Crippen LogP contribution in [0.3, 0.4) is 0 Å². The van der Waals surface area contributed by atoms with E-state index < -0.39 is 29.4 Å². The maximum Gasteiger partial charge on any atom is 0.409 e. The van der Waals surface area contributed by atoms with Crippen molar-refractivity contribution in [3.8, 4) is 0 Å². The minimum atomic E-state index is -0.938.